The Morgan fingerprint density at radius 3 is 2.81 bits per heavy atom. The standard InChI is InChI=1S/C15H17F2NO3/c1-2-8-13(19)9-5-3-4-6-11-15(16,17)12-7-10-14(20)21-18/h1,3-5,9,13,19H,7-8,10,12,18H2. The Hall–Kier alpha value is -2.15. The molecule has 0 saturated carbocycles. The maximum absolute atomic E-state index is 13.2. The first-order valence-electron chi connectivity index (χ1n) is 6.16. The van der Waals surface area contributed by atoms with Gasteiger partial charge in [0.1, 0.15) is 0 Å². The summed E-state index contributed by atoms with van der Waals surface area (Å²) in [7, 11) is 0. The zero-order valence-corrected chi connectivity index (χ0v) is 11.4. The van der Waals surface area contributed by atoms with Gasteiger partial charge in [-0.1, -0.05) is 24.1 Å². The number of allylic oxidation sites excluding steroid dienone is 3. The molecule has 0 aliphatic heterocycles. The Bertz CT molecular complexity index is 481. The molecule has 0 radical (unpaired) electrons. The maximum atomic E-state index is 13.2. The second-order valence-corrected chi connectivity index (χ2v) is 4.04. The van der Waals surface area contributed by atoms with Gasteiger partial charge in [-0.3, -0.25) is 4.79 Å². The first-order chi connectivity index (χ1) is 9.91. The summed E-state index contributed by atoms with van der Waals surface area (Å²) in [6.07, 6.45) is 9.12. The van der Waals surface area contributed by atoms with Gasteiger partial charge in [-0.15, -0.1) is 12.3 Å². The van der Waals surface area contributed by atoms with E-state index in [0.717, 1.165) is 0 Å². The van der Waals surface area contributed by atoms with E-state index in [4.69, 9.17) is 6.42 Å². The number of hydrogen-bond donors (Lipinski definition) is 2. The predicted octanol–water partition coefficient (Wildman–Crippen LogP) is 1.71. The number of carbonyl (C=O) groups is 1. The Kier molecular flexibility index (Phi) is 9.53. The largest absolute Gasteiger partial charge is 0.388 e. The molecular weight excluding hydrogens is 280 g/mol. The lowest BCUT2D eigenvalue weighted by atomic mass is 10.1. The topological polar surface area (TPSA) is 72.5 Å². The molecule has 0 fully saturated rings. The fourth-order valence-corrected chi connectivity index (χ4v) is 1.21. The van der Waals surface area contributed by atoms with Crippen molar-refractivity contribution >= 4 is 5.97 Å². The predicted molar refractivity (Wildman–Crippen MR) is 74.6 cm³/mol. The fourth-order valence-electron chi connectivity index (χ4n) is 1.21. The normalized spacial score (nSPS) is 12.7. The Morgan fingerprint density at radius 1 is 1.48 bits per heavy atom. The van der Waals surface area contributed by atoms with Gasteiger partial charge in [0.25, 0.3) is 0 Å². The third-order valence-corrected chi connectivity index (χ3v) is 2.21. The Balaban J connectivity index is 4.17. The third-order valence-electron chi connectivity index (χ3n) is 2.21. The molecule has 1 unspecified atom stereocenters. The van der Waals surface area contributed by atoms with Crippen LogP contribution in [0.2, 0.25) is 0 Å². The number of nitrogens with two attached hydrogens (primary N) is 1. The minimum atomic E-state index is -3.19. The van der Waals surface area contributed by atoms with Crippen molar-refractivity contribution in [3.63, 3.8) is 0 Å². The first-order valence-corrected chi connectivity index (χ1v) is 6.16. The van der Waals surface area contributed by atoms with Crippen LogP contribution in [-0.2, 0) is 9.63 Å². The van der Waals surface area contributed by atoms with Crippen molar-refractivity contribution in [2.45, 2.75) is 37.7 Å². The molecule has 0 heterocycles. The molecule has 0 aromatic heterocycles. The minimum absolute atomic E-state index is 0.0698. The fraction of sp³-hybridized carbons (Fsp3) is 0.400. The van der Waals surface area contributed by atoms with E-state index < -0.39 is 24.4 Å². The maximum Gasteiger partial charge on any atom is 0.324 e. The second kappa shape index (κ2) is 10.6. The molecule has 0 amide bonds. The summed E-state index contributed by atoms with van der Waals surface area (Å²) < 4.78 is 26.5. The molecule has 0 aromatic rings. The number of alkyl halides is 2. The van der Waals surface area contributed by atoms with Crippen molar-refractivity contribution in [1.29, 1.82) is 0 Å². The zero-order chi connectivity index (χ0) is 16.1. The highest BCUT2D eigenvalue weighted by Gasteiger charge is 2.25. The molecule has 0 rings (SSSR count). The zero-order valence-electron chi connectivity index (χ0n) is 11.4. The van der Waals surface area contributed by atoms with E-state index in [9.17, 15) is 18.7 Å². The molecule has 114 valence electrons. The van der Waals surface area contributed by atoms with Crippen LogP contribution < -0.4 is 5.90 Å². The molecule has 1 atom stereocenters. The lowest BCUT2D eigenvalue weighted by Gasteiger charge is -2.07. The molecule has 0 aliphatic carbocycles. The summed E-state index contributed by atoms with van der Waals surface area (Å²) in [6, 6.07) is 0. The van der Waals surface area contributed by atoms with Crippen LogP contribution in [0.15, 0.2) is 24.3 Å². The van der Waals surface area contributed by atoms with E-state index in [1.165, 1.54) is 24.3 Å². The van der Waals surface area contributed by atoms with Crippen LogP contribution in [0.25, 0.3) is 0 Å². The highest BCUT2D eigenvalue weighted by Crippen LogP contribution is 2.20. The Labute approximate surface area is 122 Å². The quantitative estimate of drug-likeness (QED) is 0.426. The molecule has 0 aliphatic rings. The van der Waals surface area contributed by atoms with E-state index in [2.05, 4.69) is 22.6 Å². The van der Waals surface area contributed by atoms with E-state index >= 15 is 0 Å². The molecule has 0 bridgehead atoms. The van der Waals surface area contributed by atoms with Gasteiger partial charge in [0.2, 0.25) is 0 Å². The van der Waals surface area contributed by atoms with E-state index in [0.29, 0.717) is 0 Å². The van der Waals surface area contributed by atoms with Crippen molar-refractivity contribution in [2.24, 2.45) is 5.90 Å². The van der Waals surface area contributed by atoms with Crippen LogP contribution in [0.4, 0.5) is 8.78 Å². The van der Waals surface area contributed by atoms with Crippen LogP contribution in [0.1, 0.15) is 25.7 Å². The van der Waals surface area contributed by atoms with Gasteiger partial charge in [0.15, 0.2) is 0 Å². The summed E-state index contributed by atoms with van der Waals surface area (Å²) in [6.45, 7) is 0. The van der Waals surface area contributed by atoms with Gasteiger partial charge in [0, 0.05) is 19.3 Å². The molecule has 0 spiro atoms. The minimum Gasteiger partial charge on any atom is -0.388 e. The average Bonchev–Trinajstić information content (AvgIpc) is 2.42. The van der Waals surface area contributed by atoms with Crippen molar-refractivity contribution in [2.75, 3.05) is 0 Å². The molecule has 21 heavy (non-hydrogen) atoms. The van der Waals surface area contributed by atoms with Crippen LogP contribution in [0.3, 0.4) is 0 Å². The molecule has 3 N–H and O–H groups in total. The van der Waals surface area contributed by atoms with Gasteiger partial charge < -0.3 is 9.94 Å². The van der Waals surface area contributed by atoms with Gasteiger partial charge >= 0.3 is 11.9 Å². The van der Waals surface area contributed by atoms with Crippen LogP contribution in [-0.4, -0.2) is 23.1 Å². The van der Waals surface area contributed by atoms with Gasteiger partial charge in [-0.25, -0.2) is 0 Å². The summed E-state index contributed by atoms with van der Waals surface area (Å²) in [4.78, 5) is 14.5. The lowest BCUT2D eigenvalue weighted by molar-refractivity contribution is -0.144. The number of hydrogen-bond acceptors (Lipinski definition) is 4. The Morgan fingerprint density at radius 2 is 2.19 bits per heavy atom. The van der Waals surface area contributed by atoms with E-state index in [1.807, 2.05) is 0 Å². The lowest BCUT2D eigenvalue weighted by Crippen LogP contribution is -2.15. The molecular formula is C15H17F2NO3. The molecule has 0 aromatic carbocycles. The monoisotopic (exact) mass is 297 g/mol. The number of aliphatic hydroxyl groups is 1. The number of terminal acetylenes is 1. The van der Waals surface area contributed by atoms with Crippen molar-refractivity contribution in [3.8, 4) is 24.2 Å². The number of carbonyl (C=O) groups excluding carboxylic acids is 1. The highest BCUT2D eigenvalue weighted by atomic mass is 19.3. The second-order valence-electron chi connectivity index (χ2n) is 4.04. The average molecular weight is 297 g/mol. The first kappa shape index (κ1) is 18.9. The van der Waals surface area contributed by atoms with Gasteiger partial charge in [-0.2, -0.15) is 14.7 Å². The van der Waals surface area contributed by atoms with Crippen molar-refractivity contribution < 1.29 is 23.5 Å². The number of rotatable bonds is 7. The van der Waals surface area contributed by atoms with Crippen molar-refractivity contribution in [3.05, 3.63) is 24.3 Å². The van der Waals surface area contributed by atoms with Crippen molar-refractivity contribution in [1.82, 2.24) is 0 Å². The van der Waals surface area contributed by atoms with Crippen LogP contribution in [0.5, 0.6) is 0 Å². The van der Waals surface area contributed by atoms with Crippen LogP contribution >= 0.6 is 0 Å². The number of halogens is 2. The molecule has 0 saturated heterocycles. The molecule has 4 nitrogen and oxygen atoms in total. The number of aliphatic hydroxyl groups excluding tert-OH is 1. The van der Waals surface area contributed by atoms with E-state index in [-0.39, 0.29) is 19.3 Å². The molecule has 6 heteroatoms. The summed E-state index contributed by atoms with van der Waals surface area (Å²) in [5.74, 6) is 6.90. The third kappa shape index (κ3) is 11.4. The smallest absolute Gasteiger partial charge is 0.324 e. The van der Waals surface area contributed by atoms with Gasteiger partial charge in [0.05, 0.1) is 6.10 Å². The van der Waals surface area contributed by atoms with E-state index in [1.54, 1.807) is 5.92 Å². The highest BCUT2D eigenvalue weighted by molar-refractivity contribution is 5.68. The SMILES string of the molecule is C#CCC(O)C=CC=CC#CC(F)(F)CCCC(=O)ON. The van der Waals surface area contributed by atoms with Crippen LogP contribution in [0, 0.1) is 24.2 Å². The van der Waals surface area contributed by atoms with Gasteiger partial charge in [-0.05, 0) is 18.4 Å². The summed E-state index contributed by atoms with van der Waals surface area (Å²) in [5.41, 5.74) is 0. The summed E-state index contributed by atoms with van der Waals surface area (Å²) in [5, 5.41) is 9.23. The summed E-state index contributed by atoms with van der Waals surface area (Å²) >= 11 is 0.